The first-order valence-electron chi connectivity index (χ1n) is 6.96. The highest BCUT2D eigenvalue weighted by molar-refractivity contribution is 6.07. The van der Waals surface area contributed by atoms with Crippen molar-refractivity contribution in [1.29, 1.82) is 0 Å². The third-order valence-electron chi connectivity index (χ3n) is 3.28. The molecule has 0 heterocycles. The third kappa shape index (κ3) is 4.26. The number of hydrogen-bond donors (Lipinski definition) is 3. The van der Waals surface area contributed by atoms with Crippen LogP contribution in [0.15, 0.2) is 35.5 Å². The lowest BCUT2D eigenvalue weighted by molar-refractivity contribution is -0.122. The minimum absolute atomic E-state index is 0.0972. The number of nitrogens with one attached hydrogen (secondary N) is 1. The van der Waals surface area contributed by atoms with Gasteiger partial charge in [-0.05, 0) is 18.4 Å². The van der Waals surface area contributed by atoms with Gasteiger partial charge in [-0.3, -0.25) is 4.79 Å². The summed E-state index contributed by atoms with van der Waals surface area (Å²) in [5, 5.41) is 14.9. The highest BCUT2D eigenvalue weighted by Gasteiger charge is 2.26. The minimum Gasteiger partial charge on any atom is -0.409 e. The molecule has 0 fully saturated rings. The first-order valence-corrected chi connectivity index (χ1v) is 6.96. The average molecular weight is 277 g/mol. The number of hydrogen-bond acceptors (Lipinski definition) is 3. The zero-order valence-electron chi connectivity index (χ0n) is 12.0. The molecule has 0 bridgehead atoms. The molecule has 2 atom stereocenters. The second kappa shape index (κ2) is 8.19. The average Bonchev–Trinajstić information content (AvgIpc) is 2.47. The number of oxime groups is 1. The molecule has 0 aliphatic rings. The van der Waals surface area contributed by atoms with E-state index in [2.05, 4.69) is 17.4 Å². The number of amidine groups is 1. The van der Waals surface area contributed by atoms with Gasteiger partial charge < -0.3 is 16.3 Å². The fraction of sp³-hybridized carbons (Fsp3) is 0.467. The smallest absolute Gasteiger partial charge is 0.235 e. The molecule has 0 aliphatic carbocycles. The van der Waals surface area contributed by atoms with Crippen LogP contribution in [-0.2, 0) is 4.79 Å². The van der Waals surface area contributed by atoms with Crippen LogP contribution in [0.4, 0.5) is 0 Å². The van der Waals surface area contributed by atoms with Crippen molar-refractivity contribution in [2.45, 2.75) is 45.1 Å². The van der Waals surface area contributed by atoms with Crippen LogP contribution in [-0.4, -0.2) is 23.0 Å². The van der Waals surface area contributed by atoms with Crippen molar-refractivity contribution in [2.75, 3.05) is 0 Å². The first kappa shape index (κ1) is 16.0. The van der Waals surface area contributed by atoms with Gasteiger partial charge in [0.05, 0.1) is 0 Å². The SMILES string of the molecule is CCCC(CC)NC(=O)C(C(N)=NO)c1ccccc1. The van der Waals surface area contributed by atoms with Crippen LogP contribution >= 0.6 is 0 Å². The minimum atomic E-state index is -0.757. The van der Waals surface area contributed by atoms with Crippen molar-refractivity contribution in [1.82, 2.24) is 5.32 Å². The molecule has 1 aromatic rings. The van der Waals surface area contributed by atoms with Crippen molar-refractivity contribution in [3.8, 4) is 0 Å². The van der Waals surface area contributed by atoms with E-state index in [9.17, 15) is 4.79 Å². The number of nitrogens with zero attached hydrogens (tertiary/aromatic N) is 1. The Morgan fingerprint density at radius 2 is 2.00 bits per heavy atom. The maximum absolute atomic E-state index is 12.4. The van der Waals surface area contributed by atoms with Crippen LogP contribution in [0.3, 0.4) is 0 Å². The Bertz CT molecular complexity index is 446. The lowest BCUT2D eigenvalue weighted by Gasteiger charge is -2.21. The molecule has 0 saturated carbocycles. The first-order chi connectivity index (χ1) is 9.63. The molecule has 0 aliphatic heterocycles. The second-order valence-electron chi connectivity index (χ2n) is 4.77. The molecule has 110 valence electrons. The molecule has 0 aromatic heterocycles. The van der Waals surface area contributed by atoms with Crippen LogP contribution < -0.4 is 11.1 Å². The van der Waals surface area contributed by atoms with Gasteiger partial charge in [-0.15, -0.1) is 0 Å². The second-order valence-corrected chi connectivity index (χ2v) is 4.77. The van der Waals surface area contributed by atoms with E-state index in [-0.39, 0.29) is 17.8 Å². The number of rotatable bonds is 7. The normalized spacial score (nSPS) is 14.6. The van der Waals surface area contributed by atoms with Gasteiger partial charge >= 0.3 is 0 Å². The summed E-state index contributed by atoms with van der Waals surface area (Å²) in [5.41, 5.74) is 6.39. The van der Waals surface area contributed by atoms with Gasteiger partial charge in [0.25, 0.3) is 0 Å². The summed E-state index contributed by atoms with van der Waals surface area (Å²) in [6, 6.07) is 9.21. The van der Waals surface area contributed by atoms with E-state index in [1.807, 2.05) is 25.1 Å². The van der Waals surface area contributed by atoms with E-state index in [1.54, 1.807) is 12.1 Å². The molecule has 0 spiro atoms. The molecule has 1 rings (SSSR count). The Morgan fingerprint density at radius 1 is 1.35 bits per heavy atom. The van der Waals surface area contributed by atoms with E-state index in [1.165, 1.54) is 0 Å². The zero-order chi connectivity index (χ0) is 15.0. The van der Waals surface area contributed by atoms with Gasteiger partial charge in [-0.1, -0.05) is 55.8 Å². The Balaban J connectivity index is 2.92. The van der Waals surface area contributed by atoms with Crippen molar-refractivity contribution < 1.29 is 10.0 Å². The van der Waals surface area contributed by atoms with Crippen LogP contribution in [0.2, 0.25) is 0 Å². The summed E-state index contributed by atoms with van der Waals surface area (Å²) < 4.78 is 0. The van der Waals surface area contributed by atoms with E-state index < -0.39 is 5.92 Å². The van der Waals surface area contributed by atoms with E-state index in [4.69, 9.17) is 10.9 Å². The molecule has 0 radical (unpaired) electrons. The summed E-state index contributed by atoms with van der Waals surface area (Å²) in [6.45, 7) is 4.11. The van der Waals surface area contributed by atoms with Crippen molar-refractivity contribution in [3.63, 3.8) is 0 Å². The molecule has 1 amide bonds. The molecule has 5 heteroatoms. The molecule has 4 N–H and O–H groups in total. The molecular weight excluding hydrogens is 254 g/mol. The molecule has 1 aromatic carbocycles. The summed E-state index contributed by atoms with van der Waals surface area (Å²) in [7, 11) is 0. The maximum atomic E-state index is 12.4. The molecule has 5 nitrogen and oxygen atoms in total. The largest absolute Gasteiger partial charge is 0.409 e. The Kier molecular flexibility index (Phi) is 6.56. The quantitative estimate of drug-likeness (QED) is 0.309. The highest BCUT2D eigenvalue weighted by Crippen LogP contribution is 2.17. The number of carbonyl (C=O) groups is 1. The van der Waals surface area contributed by atoms with Crippen molar-refractivity contribution >= 4 is 11.7 Å². The molecule has 20 heavy (non-hydrogen) atoms. The fourth-order valence-electron chi connectivity index (χ4n) is 2.17. The predicted molar refractivity (Wildman–Crippen MR) is 79.7 cm³/mol. The number of amides is 1. The van der Waals surface area contributed by atoms with Gasteiger partial charge in [0.15, 0.2) is 5.84 Å². The van der Waals surface area contributed by atoms with Crippen LogP contribution in [0.5, 0.6) is 0 Å². The Morgan fingerprint density at radius 3 is 2.50 bits per heavy atom. The molecular formula is C15H23N3O2. The van der Waals surface area contributed by atoms with Gasteiger partial charge in [0.1, 0.15) is 5.92 Å². The standard InChI is InChI=1S/C15H23N3O2/c1-3-8-12(4-2)17-15(19)13(14(16)18-20)11-9-6-5-7-10-11/h5-7,9-10,12-13,20H,3-4,8H2,1-2H3,(H2,16,18)(H,17,19). The van der Waals surface area contributed by atoms with Gasteiger partial charge in [0.2, 0.25) is 5.91 Å². The number of carbonyl (C=O) groups excluding carboxylic acids is 1. The van der Waals surface area contributed by atoms with Gasteiger partial charge in [-0.25, -0.2) is 0 Å². The fourth-order valence-corrected chi connectivity index (χ4v) is 2.17. The molecule has 2 unspecified atom stereocenters. The van der Waals surface area contributed by atoms with Gasteiger partial charge in [0, 0.05) is 6.04 Å². The number of nitrogens with two attached hydrogens (primary N) is 1. The summed E-state index contributed by atoms with van der Waals surface area (Å²) in [5.74, 6) is -1.08. The Hall–Kier alpha value is -2.04. The Labute approximate surface area is 119 Å². The number of benzene rings is 1. The summed E-state index contributed by atoms with van der Waals surface area (Å²) >= 11 is 0. The van der Waals surface area contributed by atoms with Crippen molar-refractivity contribution in [3.05, 3.63) is 35.9 Å². The predicted octanol–water partition coefficient (Wildman–Crippen LogP) is 2.21. The summed E-state index contributed by atoms with van der Waals surface area (Å²) in [6.07, 6.45) is 2.77. The van der Waals surface area contributed by atoms with E-state index >= 15 is 0 Å². The van der Waals surface area contributed by atoms with Crippen LogP contribution in [0.25, 0.3) is 0 Å². The lowest BCUT2D eigenvalue weighted by atomic mass is 9.96. The zero-order valence-corrected chi connectivity index (χ0v) is 12.0. The topological polar surface area (TPSA) is 87.7 Å². The van der Waals surface area contributed by atoms with Gasteiger partial charge in [-0.2, -0.15) is 0 Å². The lowest BCUT2D eigenvalue weighted by Crippen LogP contribution is -2.42. The van der Waals surface area contributed by atoms with Crippen LogP contribution in [0.1, 0.15) is 44.6 Å². The third-order valence-corrected chi connectivity index (χ3v) is 3.28. The monoisotopic (exact) mass is 277 g/mol. The van der Waals surface area contributed by atoms with Crippen LogP contribution in [0, 0.1) is 0 Å². The highest BCUT2D eigenvalue weighted by atomic mass is 16.4. The maximum Gasteiger partial charge on any atom is 0.235 e. The van der Waals surface area contributed by atoms with E-state index in [0.29, 0.717) is 5.56 Å². The van der Waals surface area contributed by atoms with E-state index in [0.717, 1.165) is 19.3 Å². The summed E-state index contributed by atoms with van der Waals surface area (Å²) in [4.78, 5) is 12.4. The van der Waals surface area contributed by atoms with Crippen molar-refractivity contribution in [2.24, 2.45) is 10.9 Å². The molecule has 0 saturated heterocycles.